The van der Waals surface area contributed by atoms with Crippen LogP contribution in [0.15, 0.2) is 17.3 Å². The maximum atomic E-state index is 12.3. The van der Waals surface area contributed by atoms with Crippen LogP contribution in [-0.4, -0.2) is 31.0 Å². The molecule has 0 radical (unpaired) electrons. The van der Waals surface area contributed by atoms with Gasteiger partial charge in [0.15, 0.2) is 0 Å². The zero-order valence-corrected chi connectivity index (χ0v) is 12.1. The number of nitrogens with zero attached hydrogens (tertiary/aromatic N) is 2. The first kappa shape index (κ1) is 14.2. The molecule has 1 heterocycles. The van der Waals surface area contributed by atoms with Gasteiger partial charge in [-0.3, -0.25) is 0 Å². The van der Waals surface area contributed by atoms with E-state index < -0.39 is 10.0 Å². The summed E-state index contributed by atoms with van der Waals surface area (Å²) in [6.45, 7) is 1.96. The van der Waals surface area contributed by atoms with Crippen LogP contribution < -0.4 is 10.0 Å². The molecule has 1 aliphatic carbocycles. The topological polar surface area (TPSA) is 84.0 Å². The monoisotopic (exact) mass is 284 g/mol. The van der Waals surface area contributed by atoms with E-state index in [0.717, 1.165) is 25.7 Å². The van der Waals surface area contributed by atoms with Crippen LogP contribution in [0.1, 0.15) is 39.0 Å². The molecule has 2 N–H and O–H groups in total. The minimum absolute atomic E-state index is 0.110. The summed E-state index contributed by atoms with van der Waals surface area (Å²) in [5.41, 5.74) is -0.348. The molecule has 1 fully saturated rings. The summed E-state index contributed by atoms with van der Waals surface area (Å²) < 4.78 is 27.4. The van der Waals surface area contributed by atoms with E-state index >= 15 is 0 Å². The number of sulfonamides is 1. The lowest BCUT2D eigenvalue weighted by Crippen LogP contribution is -2.47. The number of hydrogen-bond donors (Lipinski definition) is 2. The van der Waals surface area contributed by atoms with E-state index in [1.54, 1.807) is 7.05 Å². The first-order chi connectivity index (χ1) is 8.95. The Labute approximate surface area is 114 Å². The summed E-state index contributed by atoms with van der Waals surface area (Å²) in [5, 5.41) is 2.76. The van der Waals surface area contributed by atoms with Crippen molar-refractivity contribution in [2.75, 3.05) is 12.4 Å². The summed E-state index contributed by atoms with van der Waals surface area (Å²) in [5.74, 6) is 0.405. The summed E-state index contributed by atoms with van der Waals surface area (Å²) in [6, 6.07) is 0. The lowest BCUT2D eigenvalue weighted by atomic mass is 9.84. The van der Waals surface area contributed by atoms with Crippen molar-refractivity contribution in [1.82, 2.24) is 14.7 Å². The van der Waals surface area contributed by atoms with Gasteiger partial charge in [-0.05, 0) is 19.8 Å². The maximum Gasteiger partial charge on any atom is 0.244 e. The molecule has 106 valence electrons. The Morgan fingerprint density at radius 3 is 2.26 bits per heavy atom. The van der Waals surface area contributed by atoms with Gasteiger partial charge in [-0.25, -0.2) is 23.1 Å². The second-order valence-corrected chi connectivity index (χ2v) is 6.90. The van der Waals surface area contributed by atoms with Crippen molar-refractivity contribution in [3.8, 4) is 0 Å². The van der Waals surface area contributed by atoms with Gasteiger partial charge in [0, 0.05) is 12.6 Å². The zero-order valence-electron chi connectivity index (χ0n) is 11.3. The molecule has 7 heteroatoms. The van der Waals surface area contributed by atoms with E-state index in [1.807, 2.05) is 6.92 Å². The Morgan fingerprint density at radius 2 is 1.74 bits per heavy atom. The quantitative estimate of drug-likeness (QED) is 0.875. The molecular weight excluding hydrogens is 264 g/mol. The highest BCUT2D eigenvalue weighted by atomic mass is 32.2. The Balaban J connectivity index is 2.17. The average Bonchev–Trinajstić information content (AvgIpc) is 2.38. The van der Waals surface area contributed by atoms with Crippen molar-refractivity contribution in [3.63, 3.8) is 0 Å². The summed E-state index contributed by atoms with van der Waals surface area (Å²) in [4.78, 5) is 7.99. The first-order valence-electron chi connectivity index (χ1n) is 6.49. The van der Waals surface area contributed by atoms with Crippen LogP contribution in [0, 0.1) is 0 Å². The predicted molar refractivity (Wildman–Crippen MR) is 73.4 cm³/mol. The minimum atomic E-state index is -3.55. The van der Waals surface area contributed by atoms with Crippen molar-refractivity contribution >= 4 is 16.0 Å². The molecule has 0 saturated heterocycles. The average molecular weight is 284 g/mol. The lowest BCUT2D eigenvalue weighted by Gasteiger charge is -2.33. The Kier molecular flexibility index (Phi) is 4.05. The van der Waals surface area contributed by atoms with Gasteiger partial charge < -0.3 is 5.32 Å². The van der Waals surface area contributed by atoms with E-state index in [9.17, 15) is 8.42 Å². The second kappa shape index (κ2) is 5.42. The van der Waals surface area contributed by atoms with E-state index in [1.165, 1.54) is 18.8 Å². The zero-order chi connectivity index (χ0) is 13.9. The van der Waals surface area contributed by atoms with Gasteiger partial charge in [0.25, 0.3) is 0 Å². The first-order valence-corrected chi connectivity index (χ1v) is 7.97. The van der Waals surface area contributed by atoms with Crippen molar-refractivity contribution in [2.45, 2.75) is 49.5 Å². The van der Waals surface area contributed by atoms with Crippen LogP contribution in [0.25, 0.3) is 0 Å². The molecule has 0 aromatic carbocycles. The molecule has 1 aliphatic rings. The number of anilines is 1. The van der Waals surface area contributed by atoms with Crippen LogP contribution in [0.2, 0.25) is 0 Å². The molecule has 6 nitrogen and oxygen atoms in total. The standard InChI is InChI=1S/C12H20N4O2S/c1-12(6-4-3-5-7-12)16-19(17,18)10-8-14-11(13-2)15-9-10/h8-9,16H,3-7H2,1-2H3,(H,13,14,15). The van der Waals surface area contributed by atoms with Crippen LogP contribution in [0.4, 0.5) is 5.95 Å². The van der Waals surface area contributed by atoms with Gasteiger partial charge in [-0.2, -0.15) is 0 Å². The predicted octanol–water partition coefficient (Wildman–Crippen LogP) is 1.52. The van der Waals surface area contributed by atoms with E-state index in [0.29, 0.717) is 5.95 Å². The number of nitrogens with one attached hydrogen (secondary N) is 2. The van der Waals surface area contributed by atoms with Crippen molar-refractivity contribution in [1.29, 1.82) is 0 Å². The number of hydrogen-bond acceptors (Lipinski definition) is 5. The normalized spacial score (nSPS) is 19.1. The molecule has 1 aromatic rings. The summed E-state index contributed by atoms with van der Waals surface area (Å²) in [7, 11) is -1.86. The molecule has 0 unspecified atom stereocenters. The van der Waals surface area contributed by atoms with Crippen molar-refractivity contribution < 1.29 is 8.42 Å². The summed E-state index contributed by atoms with van der Waals surface area (Å²) in [6.07, 6.45) is 7.71. The van der Waals surface area contributed by atoms with Gasteiger partial charge >= 0.3 is 0 Å². The van der Waals surface area contributed by atoms with Gasteiger partial charge in [0.2, 0.25) is 16.0 Å². The molecule has 19 heavy (non-hydrogen) atoms. The van der Waals surface area contributed by atoms with Gasteiger partial charge in [0.05, 0.1) is 12.4 Å². The third kappa shape index (κ3) is 3.42. The SMILES string of the molecule is CNc1ncc(S(=O)(=O)NC2(C)CCCCC2)cn1. The van der Waals surface area contributed by atoms with Crippen LogP contribution in [0.3, 0.4) is 0 Å². The largest absolute Gasteiger partial charge is 0.357 e. The molecule has 1 aromatic heterocycles. The molecule has 1 saturated carbocycles. The fourth-order valence-corrected chi connectivity index (χ4v) is 3.76. The van der Waals surface area contributed by atoms with E-state index in [-0.39, 0.29) is 10.4 Å². The second-order valence-electron chi connectivity index (χ2n) is 5.22. The van der Waals surface area contributed by atoms with Crippen LogP contribution in [0.5, 0.6) is 0 Å². The molecule has 0 atom stereocenters. The molecule has 0 amide bonds. The van der Waals surface area contributed by atoms with Gasteiger partial charge in [-0.1, -0.05) is 19.3 Å². The van der Waals surface area contributed by atoms with Crippen LogP contribution in [-0.2, 0) is 10.0 Å². The summed E-state index contributed by atoms with van der Waals surface area (Å²) >= 11 is 0. The molecule has 0 spiro atoms. The van der Waals surface area contributed by atoms with Gasteiger partial charge in [-0.15, -0.1) is 0 Å². The maximum absolute atomic E-state index is 12.3. The van der Waals surface area contributed by atoms with E-state index in [2.05, 4.69) is 20.0 Å². The molecular formula is C12H20N4O2S. The molecule has 2 rings (SSSR count). The highest BCUT2D eigenvalue weighted by Gasteiger charge is 2.32. The third-order valence-corrected chi connectivity index (χ3v) is 5.09. The smallest absolute Gasteiger partial charge is 0.244 e. The highest BCUT2D eigenvalue weighted by Crippen LogP contribution is 2.29. The number of rotatable bonds is 4. The molecule has 0 bridgehead atoms. The van der Waals surface area contributed by atoms with Crippen molar-refractivity contribution in [2.24, 2.45) is 0 Å². The lowest BCUT2D eigenvalue weighted by molar-refractivity contribution is 0.294. The molecule has 0 aliphatic heterocycles. The Morgan fingerprint density at radius 1 is 1.16 bits per heavy atom. The van der Waals surface area contributed by atoms with Crippen LogP contribution >= 0.6 is 0 Å². The Bertz CT molecular complexity index is 521. The minimum Gasteiger partial charge on any atom is -0.357 e. The van der Waals surface area contributed by atoms with Gasteiger partial charge in [0.1, 0.15) is 4.90 Å². The van der Waals surface area contributed by atoms with E-state index in [4.69, 9.17) is 0 Å². The highest BCUT2D eigenvalue weighted by molar-refractivity contribution is 7.89. The fourth-order valence-electron chi connectivity index (χ4n) is 2.40. The fraction of sp³-hybridized carbons (Fsp3) is 0.667. The van der Waals surface area contributed by atoms with Crippen molar-refractivity contribution in [3.05, 3.63) is 12.4 Å². The third-order valence-electron chi connectivity index (χ3n) is 3.50. The number of aromatic nitrogens is 2. The Hall–Kier alpha value is -1.21.